The molecular weight excluding hydrogens is 286 g/mol. The van der Waals surface area contributed by atoms with E-state index in [0.29, 0.717) is 23.6 Å². The van der Waals surface area contributed by atoms with Crippen LogP contribution in [0.2, 0.25) is 0 Å². The van der Waals surface area contributed by atoms with Gasteiger partial charge in [0.1, 0.15) is 4.21 Å². The Labute approximate surface area is 116 Å². The van der Waals surface area contributed by atoms with Gasteiger partial charge in [-0.15, -0.1) is 11.3 Å². The Bertz CT molecular complexity index is 578. The maximum Gasteiger partial charge on any atom is 0.308 e. The largest absolute Gasteiger partial charge is 0.481 e. The first-order valence-corrected chi connectivity index (χ1v) is 8.46. The second kappa shape index (κ2) is 5.22. The zero-order chi connectivity index (χ0) is 14.2. The number of carbonyl (C=O) groups is 1. The van der Waals surface area contributed by atoms with E-state index >= 15 is 0 Å². The lowest BCUT2D eigenvalue weighted by atomic mass is 9.92. The second-order valence-corrected chi connectivity index (χ2v) is 7.92. The number of aliphatic carboxylic acids is 1. The van der Waals surface area contributed by atoms with E-state index in [0.717, 1.165) is 5.56 Å². The summed E-state index contributed by atoms with van der Waals surface area (Å²) in [7, 11) is -3.57. The molecule has 1 aliphatic rings. The Morgan fingerprint density at radius 3 is 2.74 bits per heavy atom. The Kier molecular flexibility index (Phi) is 3.98. The van der Waals surface area contributed by atoms with Gasteiger partial charge >= 0.3 is 5.97 Å². The highest BCUT2D eigenvalue weighted by Crippen LogP contribution is 2.31. The molecule has 2 heterocycles. The van der Waals surface area contributed by atoms with Crippen LogP contribution >= 0.6 is 11.3 Å². The molecule has 2 rings (SSSR count). The van der Waals surface area contributed by atoms with Crippen molar-refractivity contribution < 1.29 is 18.3 Å². The van der Waals surface area contributed by atoms with Gasteiger partial charge in [-0.2, -0.15) is 4.31 Å². The normalized spacial score (nSPS) is 25.4. The summed E-state index contributed by atoms with van der Waals surface area (Å²) in [5.74, 6) is -1.54. The van der Waals surface area contributed by atoms with Crippen LogP contribution in [0.25, 0.3) is 0 Å². The van der Waals surface area contributed by atoms with Crippen LogP contribution < -0.4 is 0 Å². The molecule has 1 aliphatic heterocycles. The van der Waals surface area contributed by atoms with E-state index in [1.165, 1.54) is 15.6 Å². The van der Waals surface area contributed by atoms with Crippen LogP contribution in [-0.4, -0.2) is 36.4 Å². The van der Waals surface area contributed by atoms with Crippen LogP contribution in [0.15, 0.2) is 15.7 Å². The van der Waals surface area contributed by atoms with Crippen LogP contribution in [0.3, 0.4) is 0 Å². The minimum atomic E-state index is -3.57. The highest BCUT2D eigenvalue weighted by molar-refractivity contribution is 7.91. The average molecular weight is 303 g/mol. The van der Waals surface area contributed by atoms with Crippen LogP contribution in [0.4, 0.5) is 0 Å². The summed E-state index contributed by atoms with van der Waals surface area (Å²) in [6, 6.07) is 1.13. The first-order chi connectivity index (χ1) is 8.84. The van der Waals surface area contributed by atoms with Crippen molar-refractivity contribution in [1.82, 2.24) is 4.31 Å². The van der Waals surface area contributed by atoms with Gasteiger partial charge in [0.25, 0.3) is 10.0 Å². The smallest absolute Gasteiger partial charge is 0.308 e. The summed E-state index contributed by atoms with van der Waals surface area (Å²) in [4.78, 5) is 11.2. The van der Waals surface area contributed by atoms with Gasteiger partial charge in [-0.3, -0.25) is 4.79 Å². The van der Waals surface area contributed by atoms with E-state index in [-0.39, 0.29) is 0 Å². The molecule has 0 amide bonds. The van der Waals surface area contributed by atoms with Crippen molar-refractivity contribution in [3.8, 4) is 0 Å². The zero-order valence-corrected chi connectivity index (χ0v) is 12.5. The topological polar surface area (TPSA) is 74.7 Å². The van der Waals surface area contributed by atoms with Crippen molar-refractivity contribution in [1.29, 1.82) is 0 Å². The van der Waals surface area contributed by atoms with Crippen LogP contribution in [0.5, 0.6) is 0 Å². The molecule has 0 spiro atoms. The van der Waals surface area contributed by atoms with Gasteiger partial charge in [-0.1, -0.05) is 0 Å². The molecule has 0 bridgehead atoms. The highest BCUT2D eigenvalue weighted by atomic mass is 32.2. The van der Waals surface area contributed by atoms with Gasteiger partial charge in [0.2, 0.25) is 0 Å². The second-order valence-electron chi connectivity index (χ2n) is 4.89. The number of piperidine rings is 1. The summed E-state index contributed by atoms with van der Waals surface area (Å²) in [6.45, 7) is 3.91. The SMILES string of the molecule is Cc1csc(S(=O)(=O)N2CCC[C@@H](C(=O)O)[C@H]2C)c1. The number of thiophene rings is 1. The van der Waals surface area contributed by atoms with Crippen molar-refractivity contribution >= 4 is 27.3 Å². The van der Waals surface area contributed by atoms with E-state index in [9.17, 15) is 13.2 Å². The number of hydrogen-bond acceptors (Lipinski definition) is 4. The van der Waals surface area contributed by atoms with Crippen LogP contribution in [0.1, 0.15) is 25.3 Å². The van der Waals surface area contributed by atoms with Crippen molar-refractivity contribution in [3.63, 3.8) is 0 Å². The molecule has 19 heavy (non-hydrogen) atoms. The molecule has 0 radical (unpaired) electrons. The van der Waals surface area contributed by atoms with E-state index < -0.39 is 28.0 Å². The number of hydrogen-bond donors (Lipinski definition) is 1. The summed E-state index contributed by atoms with van der Waals surface area (Å²) >= 11 is 1.18. The molecule has 1 saturated heterocycles. The number of sulfonamides is 1. The third-order valence-corrected chi connectivity index (χ3v) is 7.04. The van der Waals surface area contributed by atoms with Gasteiger partial charge in [0.15, 0.2) is 0 Å². The number of carboxylic acids is 1. The van der Waals surface area contributed by atoms with Crippen molar-refractivity contribution in [2.75, 3.05) is 6.54 Å². The van der Waals surface area contributed by atoms with Crippen LogP contribution in [0, 0.1) is 12.8 Å². The molecule has 0 unspecified atom stereocenters. The Morgan fingerprint density at radius 1 is 1.53 bits per heavy atom. The summed E-state index contributed by atoms with van der Waals surface area (Å²) in [5, 5.41) is 10.9. The maximum absolute atomic E-state index is 12.5. The third kappa shape index (κ3) is 2.68. The van der Waals surface area contributed by atoms with Gasteiger partial charge in [-0.25, -0.2) is 8.42 Å². The molecule has 1 aromatic rings. The first-order valence-electron chi connectivity index (χ1n) is 6.14. The molecule has 106 valence electrons. The molecule has 5 nitrogen and oxygen atoms in total. The number of carboxylic acid groups (broad SMARTS) is 1. The molecule has 0 saturated carbocycles. The van der Waals surface area contributed by atoms with Crippen molar-refractivity contribution in [3.05, 3.63) is 17.0 Å². The molecule has 1 N–H and O–H groups in total. The van der Waals surface area contributed by atoms with Crippen molar-refractivity contribution in [2.45, 2.75) is 36.9 Å². The van der Waals surface area contributed by atoms with E-state index in [1.54, 1.807) is 18.4 Å². The Balaban J connectivity index is 2.32. The minimum Gasteiger partial charge on any atom is -0.481 e. The minimum absolute atomic E-state index is 0.294. The van der Waals surface area contributed by atoms with Gasteiger partial charge in [-0.05, 0) is 43.7 Å². The number of rotatable bonds is 3. The molecule has 0 aromatic carbocycles. The quantitative estimate of drug-likeness (QED) is 0.926. The van der Waals surface area contributed by atoms with Crippen molar-refractivity contribution in [2.24, 2.45) is 5.92 Å². The van der Waals surface area contributed by atoms with Gasteiger partial charge < -0.3 is 5.11 Å². The predicted molar refractivity (Wildman–Crippen MR) is 72.8 cm³/mol. The summed E-state index contributed by atoms with van der Waals surface area (Å²) in [5.41, 5.74) is 0.906. The molecule has 1 aromatic heterocycles. The first kappa shape index (κ1) is 14.5. The van der Waals surface area contributed by atoms with E-state index in [2.05, 4.69) is 0 Å². The predicted octanol–water partition coefficient (Wildman–Crippen LogP) is 1.93. The maximum atomic E-state index is 12.5. The lowest BCUT2D eigenvalue weighted by Gasteiger charge is -2.35. The molecular formula is C12H17NO4S2. The third-order valence-electron chi connectivity index (χ3n) is 3.52. The lowest BCUT2D eigenvalue weighted by molar-refractivity contribution is -0.144. The monoisotopic (exact) mass is 303 g/mol. The molecule has 2 atom stereocenters. The molecule has 1 fully saturated rings. The number of aryl methyl sites for hydroxylation is 1. The highest BCUT2D eigenvalue weighted by Gasteiger charge is 2.39. The summed E-state index contributed by atoms with van der Waals surface area (Å²) < 4.78 is 26.7. The van der Waals surface area contributed by atoms with Crippen LogP contribution in [-0.2, 0) is 14.8 Å². The summed E-state index contributed by atoms with van der Waals surface area (Å²) in [6.07, 6.45) is 1.12. The average Bonchev–Trinajstić information content (AvgIpc) is 2.76. The molecule has 0 aliphatic carbocycles. The standard InChI is InChI=1S/C12H17NO4S2/c1-8-6-11(18-7-8)19(16,17)13-5-3-4-10(9(13)2)12(14)15/h6-7,9-10H,3-5H2,1-2H3,(H,14,15)/t9-,10-/m1/s1. The fourth-order valence-electron chi connectivity index (χ4n) is 2.44. The fourth-order valence-corrected chi connectivity index (χ4v) is 5.50. The Hall–Kier alpha value is -0.920. The van der Waals surface area contributed by atoms with E-state index in [1.807, 2.05) is 6.92 Å². The number of nitrogens with zero attached hydrogens (tertiary/aromatic N) is 1. The Morgan fingerprint density at radius 2 is 2.21 bits per heavy atom. The molecule has 7 heteroatoms. The fraction of sp³-hybridized carbons (Fsp3) is 0.583. The lowest BCUT2D eigenvalue weighted by Crippen LogP contribution is -2.48. The van der Waals surface area contributed by atoms with E-state index in [4.69, 9.17) is 5.11 Å². The van der Waals surface area contributed by atoms with Gasteiger partial charge in [0, 0.05) is 12.6 Å². The zero-order valence-electron chi connectivity index (χ0n) is 10.9. The van der Waals surface area contributed by atoms with Gasteiger partial charge in [0.05, 0.1) is 5.92 Å².